The van der Waals surface area contributed by atoms with Crippen LogP contribution in [0.15, 0.2) is 36.5 Å². The molecule has 1 aromatic carbocycles. The van der Waals surface area contributed by atoms with Crippen LogP contribution in [0, 0.1) is 0 Å². The Hall–Kier alpha value is -2.89. The maximum Gasteiger partial charge on any atom is 0.256 e. The Bertz CT molecular complexity index is 942. The number of nitrogens with zero attached hydrogens (tertiary/aromatic N) is 4. The van der Waals surface area contributed by atoms with Gasteiger partial charge in [-0.2, -0.15) is 0 Å². The van der Waals surface area contributed by atoms with Crippen molar-refractivity contribution in [3.63, 3.8) is 0 Å². The van der Waals surface area contributed by atoms with Gasteiger partial charge in [-0.25, -0.2) is 0 Å². The van der Waals surface area contributed by atoms with Crippen molar-refractivity contribution in [1.29, 1.82) is 0 Å². The fourth-order valence-corrected chi connectivity index (χ4v) is 3.52. The van der Waals surface area contributed by atoms with Gasteiger partial charge in [0.2, 0.25) is 5.88 Å². The van der Waals surface area contributed by atoms with E-state index >= 15 is 0 Å². The number of pyridine rings is 1. The van der Waals surface area contributed by atoms with E-state index < -0.39 is 0 Å². The van der Waals surface area contributed by atoms with E-state index in [1.807, 2.05) is 47.0 Å². The summed E-state index contributed by atoms with van der Waals surface area (Å²) in [7, 11) is 3.53. The number of ether oxygens (including phenoxy) is 1. The molecule has 0 spiro atoms. The molecule has 6 nitrogen and oxygen atoms in total. The van der Waals surface area contributed by atoms with Crippen molar-refractivity contribution in [2.75, 3.05) is 13.7 Å². The number of carbonyl (C=O) groups is 1. The Morgan fingerprint density at radius 1 is 1.24 bits per heavy atom. The number of para-hydroxylation sites is 1. The summed E-state index contributed by atoms with van der Waals surface area (Å²) < 4.78 is 7.20. The molecule has 0 saturated heterocycles. The van der Waals surface area contributed by atoms with Crippen LogP contribution in [0.1, 0.15) is 28.0 Å². The molecule has 0 saturated carbocycles. The number of amides is 1. The summed E-state index contributed by atoms with van der Waals surface area (Å²) in [6, 6.07) is 9.61. The number of hydrogen-bond donors (Lipinski definition) is 0. The molecule has 6 heteroatoms. The van der Waals surface area contributed by atoms with Crippen molar-refractivity contribution in [1.82, 2.24) is 19.7 Å². The van der Waals surface area contributed by atoms with Gasteiger partial charge in [-0.15, -0.1) is 5.10 Å². The number of aromatic nitrogens is 3. The third kappa shape index (κ3) is 2.63. The summed E-state index contributed by atoms with van der Waals surface area (Å²) in [5, 5.41) is 5.39. The molecular formula is C19H20N4O2. The summed E-state index contributed by atoms with van der Waals surface area (Å²) in [4.78, 5) is 19.5. The quantitative estimate of drug-likeness (QED) is 0.722. The van der Waals surface area contributed by atoms with Gasteiger partial charge in [0.15, 0.2) is 0 Å². The minimum atomic E-state index is 0.0114. The van der Waals surface area contributed by atoms with Crippen LogP contribution in [0.5, 0.6) is 5.88 Å². The molecule has 4 rings (SSSR count). The lowest BCUT2D eigenvalue weighted by Crippen LogP contribution is -2.31. The molecule has 3 aromatic rings. The van der Waals surface area contributed by atoms with Gasteiger partial charge in [0.25, 0.3) is 5.91 Å². The monoisotopic (exact) mass is 336 g/mol. The second kappa shape index (κ2) is 6.20. The Kier molecular flexibility index (Phi) is 3.87. The van der Waals surface area contributed by atoms with E-state index in [0.717, 1.165) is 35.0 Å². The molecule has 3 heterocycles. The first-order valence-corrected chi connectivity index (χ1v) is 8.41. The second-order valence-corrected chi connectivity index (χ2v) is 6.27. The molecule has 0 radical (unpaired) electrons. The van der Waals surface area contributed by atoms with Gasteiger partial charge < -0.3 is 9.64 Å². The predicted octanol–water partition coefficient (Wildman–Crippen LogP) is 2.57. The zero-order valence-corrected chi connectivity index (χ0v) is 14.4. The minimum Gasteiger partial charge on any atom is -0.480 e. The highest BCUT2D eigenvalue weighted by atomic mass is 16.5. The van der Waals surface area contributed by atoms with Crippen molar-refractivity contribution in [3.8, 4) is 5.88 Å². The fourth-order valence-electron chi connectivity index (χ4n) is 3.52. The number of methoxy groups -OCH3 is 1. The van der Waals surface area contributed by atoms with Crippen LogP contribution >= 0.6 is 0 Å². The number of benzene rings is 1. The van der Waals surface area contributed by atoms with E-state index in [-0.39, 0.29) is 5.91 Å². The molecule has 2 aromatic heterocycles. The van der Waals surface area contributed by atoms with E-state index in [0.29, 0.717) is 24.5 Å². The number of aryl methyl sites for hydroxylation is 1. The van der Waals surface area contributed by atoms with Gasteiger partial charge in [0.1, 0.15) is 0 Å². The van der Waals surface area contributed by atoms with Gasteiger partial charge in [0, 0.05) is 30.7 Å². The third-order valence-electron chi connectivity index (χ3n) is 4.78. The Morgan fingerprint density at radius 2 is 2.08 bits per heavy atom. The van der Waals surface area contributed by atoms with Crippen molar-refractivity contribution >= 4 is 16.8 Å². The normalized spacial score (nSPS) is 14.2. The topological polar surface area (TPSA) is 60.2 Å². The average Bonchev–Trinajstić information content (AvgIpc) is 2.82. The van der Waals surface area contributed by atoms with Gasteiger partial charge in [-0.3, -0.25) is 14.5 Å². The standard InChI is InChI=1S/C19H20N4O2/c1-22-16-12-23(11-5-9-14(16)18(21-22)25-2)19(24)15-8-3-6-13-7-4-10-20-17(13)15/h3-4,6-8,10H,5,9,11-12H2,1-2H3. The van der Waals surface area contributed by atoms with E-state index in [9.17, 15) is 4.79 Å². The van der Waals surface area contributed by atoms with Crippen LogP contribution in [0.25, 0.3) is 10.9 Å². The van der Waals surface area contributed by atoms with E-state index in [2.05, 4.69) is 10.1 Å². The SMILES string of the molecule is COc1nn(C)c2c1CCCN(C(=O)c1cccc3cccnc13)C2. The van der Waals surface area contributed by atoms with Gasteiger partial charge >= 0.3 is 0 Å². The predicted molar refractivity (Wildman–Crippen MR) is 94.6 cm³/mol. The summed E-state index contributed by atoms with van der Waals surface area (Å²) in [6.07, 6.45) is 3.48. The largest absolute Gasteiger partial charge is 0.480 e. The zero-order valence-electron chi connectivity index (χ0n) is 14.4. The first-order chi connectivity index (χ1) is 12.2. The first-order valence-electron chi connectivity index (χ1n) is 8.41. The molecule has 1 amide bonds. The molecule has 128 valence electrons. The summed E-state index contributed by atoms with van der Waals surface area (Å²) in [6.45, 7) is 1.24. The molecule has 1 aliphatic rings. The van der Waals surface area contributed by atoms with Crippen LogP contribution in [-0.2, 0) is 20.0 Å². The van der Waals surface area contributed by atoms with Crippen LogP contribution in [-0.4, -0.2) is 39.2 Å². The van der Waals surface area contributed by atoms with E-state index in [1.165, 1.54) is 0 Å². The minimum absolute atomic E-state index is 0.0114. The van der Waals surface area contributed by atoms with E-state index in [4.69, 9.17) is 4.74 Å². The maximum absolute atomic E-state index is 13.2. The lowest BCUT2D eigenvalue weighted by atomic mass is 10.1. The average molecular weight is 336 g/mol. The molecule has 1 aliphatic heterocycles. The highest BCUT2D eigenvalue weighted by Crippen LogP contribution is 2.28. The molecule has 0 atom stereocenters. The Labute approximate surface area is 146 Å². The number of fused-ring (bicyclic) bond motifs is 2. The maximum atomic E-state index is 13.2. The zero-order chi connectivity index (χ0) is 17.4. The van der Waals surface area contributed by atoms with Crippen LogP contribution in [0.2, 0.25) is 0 Å². The number of carbonyl (C=O) groups excluding carboxylic acids is 1. The molecular weight excluding hydrogens is 316 g/mol. The fraction of sp³-hybridized carbons (Fsp3) is 0.316. The van der Waals surface area contributed by atoms with Crippen molar-refractivity contribution in [2.24, 2.45) is 7.05 Å². The van der Waals surface area contributed by atoms with Crippen molar-refractivity contribution < 1.29 is 9.53 Å². The number of rotatable bonds is 2. The number of hydrogen-bond acceptors (Lipinski definition) is 4. The van der Waals surface area contributed by atoms with Crippen LogP contribution < -0.4 is 4.74 Å². The highest BCUT2D eigenvalue weighted by Gasteiger charge is 2.26. The smallest absolute Gasteiger partial charge is 0.256 e. The Balaban J connectivity index is 1.71. The van der Waals surface area contributed by atoms with Gasteiger partial charge in [-0.1, -0.05) is 18.2 Å². The summed E-state index contributed by atoms with van der Waals surface area (Å²) in [5.41, 5.74) is 3.55. The molecule has 0 bridgehead atoms. The molecule has 0 aliphatic carbocycles. The van der Waals surface area contributed by atoms with Crippen molar-refractivity contribution in [3.05, 3.63) is 53.3 Å². The summed E-state index contributed by atoms with van der Waals surface area (Å²) >= 11 is 0. The molecule has 0 N–H and O–H groups in total. The lowest BCUT2D eigenvalue weighted by molar-refractivity contribution is 0.0744. The third-order valence-corrected chi connectivity index (χ3v) is 4.78. The van der Waals surface area contributed by atoms with Crippen molar-refractivity contribution in [2.45, 2.75) is 19.4 Å². The molecule has 0 fully saturated rings. The van der Waals surface area contributed by atoms with Gasteiger partial charge in [0.05, 0.1) is 30.4 Å². The Morgan fingerprint density at radius 3 is 2.92 bits per heavy atom. The lowest BCUT2D eigenvalue weighted by Gasteiger charge is -2.21. The second-order valence-electron chi connectivity index (χ2n) is 6.27. The van der Waals surface area contributed by atoms with E-state index in [1.54, 1.807) is 13.3 Å². The van der Waals surface area contributed by atoms with Gasteiger partial charge in [-0.05, 0) is 25.0 Å². The summed E-state index contributed by atoms with van der Waals surface area (Å²) in [5.74, 6) is 0.677. The van der Waals surface area contributed by atoms with Crippen LogP contribution in [0.4, 0.5) is 0 Å². The molecule has 25 heavy (non-hydrogen) atoms. The van der Waals surface area contributed by atoms with Crippen LogP contribution in [0.3, 0.4) is 0 Å². The first kappa shape index (κ1) is 15.6. The molecule has 0 unspecified atom stereocenters. The highest BCUT2D eigenvalue weighted by molar-refractivity contribution is 6.05.